The van der Waals surface area contributed by atoms with Crippen molar-refractivity contribution >= 4 is 5.91 Å². The van der Waals surface area contributed by atoms with Gasteiger partial charge in [-0.25, -0.2) is 5.84 Å². The molecule has 0 bridgehead atoms. The summed E-state index contributed by atoms with van der Waals surface area (Å²) in [7, 11) is 4.19. The van der Waals surface area contributed by atoms with E-state index in [0.29, 0.717) is 6.04 Å². The zero-order valence-electron chi connectivity index (χ0n) is 11.3. The Morgan fingerprint density at radius 1 is 1.53 bits per heavy atom. The van der Waals surface area contributed by atoms with Gasteiger partial charge in [0.2, 0.25) is 0 Å². The molecule has 0 spiro atoms. The summed E-state index contributed by atoms with van der Waals surface area (Å²) in [6.45, 7) is 4.31. The fourth-order valence-electron chi connectivity index (χ4n) is 2.55. The summed E-state index contributed by atoms with van der Waals surface area (Å²) in [6.07, 6.45) is 4.12. The van der Waals surface area contributed by atoms with Gasteiger partial charge in [-0.2, -0.15) is 0 Å². The number of hydrogen-bond donors (Lipinski definition) is 2. The highest BCUT2D eigenvalue weighted by atomic mass is 16.2. The number of likely N-dealkylation sites (N-methyl/N-ethyl adjacent to an activating group) is 1. The number of nitrogens with zero attached hydrogens (tertiary/aromatic N) is 2. The molecule has 100 valence electrons. The van der Waals surface area contributed by atoms with E-state index in [2.05, 4.69) is 29.2 Å². The number of hydrazine groups is 1. The summed E-state index contributed by atoms with van der Waals surface area (Å²) in [4.78, 5) is 16.3. The second-order valence-electron chi connectivity index (χ2n) is 5.01. The first kappa shape index (κ1) is 14.4. The molecule has 1 unspecified atom stereocenters. The minimum Gasteiger partial charge on any atom is -0.306 e. The molecule has 0 saturated carbocycles. The fourth-order valence-corrected chi connectivity index (χ4v) is 2.55. The highest BCUT2D eigenvalue weighted by molar-refractivity contribution is 5.81. The number of nitrogens with two attached hydrogens (primary N) is 1. The monoisotopic (exact) mass is 242 g/mol. The van der Waals surface area contributed by atoms with Gasteiger partial charge in [-0.05, 0) is 46.4 Å². The summed E-state index contributed by atoms with van der Waals surface area (Å²) < 4.78 is 0. The van der Waals surface area contributed by atoms with Crippen LogP contribution in [0.2, 0.25) is 0 Å². The number of likely N-dealkylation sites (tertiary alicyclic amines) is 1. The maximum atomic E-state index is 11.8. The molecule has 1 atom stereocenters. The van der Waals surface area contributed by atoms with Crippen LogP contribution in [0.15, 0.2) is 0 Å². The molecular formula is C12H26N4O. The van der Waals surface area contributed by atoms with E-state index in [-0.39, 0.29) is 11.9 Å². The van der Waals surface area contributed by atoms with Crippen LogP contribution in [0.4, 0.5) is 0 Å². The lowest BCUT2D eigenvalue weighted by molar-refractivity contribution is -0.127. The molecule has 1 saturated heterocycles. The lowest BCUT2D eigenvalue weighted by atomic mass is 10.0. The summed E-state index contributed by atoms with van der Waals surface area (Å²) in [5.41, 5.74) is 2.29. The largest absolute Gasteiger partial charge is 0.306 e. The lowest BCUT2D eigenvalue weighted by Crippen LogP contribution is -2.53. The van der Waals surface area contributed by atoms with Crippen LogP contribution in [-0.2, 0) is 4.79 Å². The van der Waals surface area contributed by atoms with Crippen molar-refractivity contribution in [2.45, 2.75) is 44.7 Å². The minimum absolute atomic E-state index is 0.0618. The van der Waals surface area contributed by atoms with Gasteiger partial charge < -0.3 is 4.90 Å². The van der Waals surface area contributed by atoms with E-state index in [9.17, 15) is 4.79 Å². The highest BCUT2D eigenvalue weighted by Gasteiger charge is 2.29. The van der Waals surface area contributed by atoms with E-state index < -0.39 is 0 Å². The topological polar surface area (TPSA) is 61.6 Å². The average Bonchev–Trinajstić information content (AvgIpc) is 2.35. The zero-order valence-corrected chi connectivity index (χ0v) is 11.3. The van der Waals surface area contributed by atoms with Crippen molar-refractivity contribution in [1.29, 1.82) is 0 Å². The van der Waals surface area contributed by atoms with Gasteiger partial charge in [0.05, 0.1) is 6.04 Å². The predicted molar refractivity (Wildman–Crippen MR) is 69.3 cm³/mol. The van der Waals surface area contributed by atoms with E-state index >= 15 is 0 Å². The second-order valence-corrected chi connectivity index (χ2v) is 5.01. The molecule has 1 heterocycles. The van der Waals surface area contributed by atoms with Crippen molar-refractivity contribution < 1.29 is 4.79 Å². The second kappa shape index (κ2) is 6.93. The lowest BCUT2D eigenvalue weighted by Gasteiger charge is -2.38. The van der Waals surface area contributed by atoms with Gasteiger partial charge in [0.1, 0.15) is 0 Å². The van der Waals surface area contributed by atoms with Crippen molar-refractivity contribution in [3.05, 3.63) is 0 Å². The Morgan fingerprint density at radius 3 is 2.59 bits per heavy atom. The summed E-state index contributed by atoms with van der Waals surface area (Å²) in [6, 6.07) is 0.415. The number of carbonyl (C=O) groups excluding carboxylic acids is 1. The third-order valence-electron chi connectivity index (χ3n) is 3.76. The first-order chi connectivity index (χ1) is 8.10. The smallest absolute Gasteiger partial charge is 0.251 e. The molecule has 1 amide bonds. The number of nitrogens with one attached hydrogen (secondary N) is 1. The standard InChI is InChI=1S/C12H26N4O/c1-4-5-11(12(17)14-13)16(3)10-6-8-15(2)9-7-10/h10-11H,4-9,13H2,1-3H3,(H,14,17). The van der Waals surface area contributed by atoms with Crippen LogP contribution >= 0.6 is 0 Å². The van der Waals surface area contributed by atoms with Gasteiger partial charge in [-0.3, -0.25) is 15.1 Å². The molecule has 3 N–H and O–H groups in total. The van der Waals surface area contributed by atoms with Crippen LogP contribution in [0.5, 0.6) is 0 Å². The van der Waals surface area contributed by atoms with Crippen molar-refractivity contribution in [1.82, 2.24) is 15.2 Å². The van der Waals surface area contributed by atoms with Gasteiger partial charge in [0, 0.05) is 6.04 Å². The Hall–Kier alpha value is -0.650. The first-order valence-corrected chi connectivity index (χ1v) is 6.51. The Bertz CT molecular complexity index is 239. The molecular weight excluding hydrogens is 216 g/mol. The van der Waals surface area contributed by atoms with E-state index in [1.54, 1.807) is 0 Å². The minimum atomic E-state index is -0.0848. The van der Waals surface area contributed by atoms with Crippen LogP contribution in [0.3, 0.4) is 0 Å². The maximum Gasteiger partial charge on any atom is 0.251 e. The van der Waals surface area contributed by atoms with E-state index in [0.717, 1.165) is 38.8 Å². The van der Waals surface area contributed by atoms with Crippen molar-refractivity contribution in [2.75, 3.05) is 27.2 Å². The van der Waals surface area contributed by atoms with Gasteiger partial charge in [-0.1, -0.05) is 13.3 Å². The quantitative estimate of drug-likeness (QED) is 0.410. The Morgan fingerprint density at radius 2 is 2.12 bits per heavy atom. The van der Waals surface area contributed by atoms with Gasteiger partial charge in [0.15, 0.2) is 0 Å². The Labute approximate surface area is 104 Å². The molecule has 5 nitrogen and oxygen atoms in total. The fraction of sp³-hybridized carbons (Fsp3) is 0.917. The molecule has 17 heavy (non-hydrogen) atoms. The molecule has 0 aliphatic carbocycles. The summed E-state index contributed by atoms with van der Waals surface area (Å²) in [5.74, 6) is 5.20. The highest BCUT2D eigenvalue weighted by Crippen LogP contribution is 2.18. The number of piperidine rings is 1. The number of carbonyl (C=O) groups is 1. The van der Waals surface area contributed by atoms with Gasteiger partial charge in [-0.15, -0.1) is 0 Å². The maximum absolute atomic E-state index is 11.8. The number of amides is 1. The third kappa shape index (κ3) is 3.94. The van der Waals surface area contributed by atoms with Crippen LogP contribution in [-0.4, -0.2) is 55.0 Å². The molecule has 0 aromatic carbocycles. The van der Waals surface area contributed by atoms with E-state index in [1.165, 1.54) is 0 Å². The zero-order chi connectivity index (χ0) is 12.8. The molecule has 1 fully saturated rings. The third-order valence-corrected chi connectivity index (χ3v) is 3.76. The van der Waals surface area contributed by atoms with Crippen molar-refractivity contribution in [2.24, 2.45) is 5.84 Å². The SMILES string of the molecule is CCCC(C(=O)NN)N(C)C1CCN(C)CC1. The van der Waals surface area contributed by atoms with Crippen LogP contribution < -0.4 is 11.3 Å². The van der Waals surface area contributed by atoms with Gasteiger partial charge >= 0.3 is 0 Å². The summed E-state index contributed by atoms with van der Waals surface area (Å²) >= 11 is 0. The van der Waals surface area contributed by atoms with Crippen molar-refractivity contribution in [3.63, 3.8) is 0 Å². The van der Waals surface area contributed by atoms with E-state index in [4.69, 9.17) is 5.84 Å². The Kier molecular flexibility index (Phi) is 5.88. The normalized spacial score (nSPS) is 20.5. The molecule has 5 heteroatoms. The molecule has 0 aromatic rings. The number of rotatable bonds is 5. The van der Waals surface area contributed by atoms with E-state index in [1.807, 2.05) is 7.05 Å². The van der Waals surface area contributed by atoms with Crippen LogP contribution in [0.25, 0.3) is 0 Å². The predicted octanol–water partition coefficient (Wildman–Crippen LogP) is 0.171. The Balaban J connectivity index is 2.57. The molecule has 1 aliphatic heterocycles. The van der Waals surface area contributed by atoms with Crippen LogP contribution in [0, 0.1) is 0 Å². The molecule has 0 radical (unpaired) electrons. The molecule has 0 aromatic heterocycles. The first-order valence-electron chi connectivity index (χ1n) is 6.51. The number of hydrogen-bond acceptors (Lipinski definition) is 4. The molecule has 1 rings (SSSR count). The average molecular weight is 242 g/mol. The molecule has 1 aliphatic rings. The van der Waals surface area contributed by atoms with Crippen molar-refractivity contribution in [3.8, 4) is 0 Å². The van der Waals surface area contributed by atoms with Gasteiger partial charge in [0.25, 0.3) is 5.91 Å². The van der Waals surface area contributed by atoms with Crippen LogP contribution in [0.1, 0.15) is 32.6 Å². The summed E-state index contributed by atoms with van der Waals surface area (Å²) in [5, 5.41) is 0.